The highest BCUT2D eigenvalue weighted by molar-refractivity contribution is 5.77. The van der Waals surface area contributed by atoms with E-state index in [-0.39, 0.29) is 11.2 Å². The Bertz CT molecular complexity index is 589. The summed E-state index contributed by atoms with van der Waals surface area (Å²) in [6.07, 6.45) is 2.24. The van der Waals surface area contributed by atoms with Crippen molar-refractivity contribution in [3.05, 3.63) is 53.9 Å². The van der Waals surface area contributed by atoms with Crippen LogP contribution in [0.4, 0.5) is 0 Å². The second kappa shape index (κ2) is 5.58. The fraction of sp³-hybridized carbons (Fsp3) is 0.333. The van der Waals surface area contributed by atoms with Crippen LogP contribution < -0.4 is 0 Å². The number of benzene rings is 1. The van der Waals surface area contributed by atoms with E-state index >= 15 is 0 Å². The van der Waals surface area contributed by atoms with Gasteiger partial charge < -0.3 is 0 Å². The molecule has 1 aromatic carbocycles. The summed E-state index contributed by atoms with van der Waals surface area (Å²) in [7, 11) is 0. The van der Waals surface area contributed by atoms with Crippen LogP contribution in [0.25, 0.3) is 11.1 Å². The second-order valence-corrected chi connectivity index (χ2v) is 6.24. The Kier molecular flexibility index (Phi) is 4.03. The highest BCUT2D eigenvalue weighted by atomic mass is 16.1. The van der Waals surface area contributed by atoms with Crippen molar-refractivity contribution in [1.82, 2.24) is 4.98 Å². The van der Waals surface area contributed by atoms with Crippen molar-refractivity contribution in [2.75, 3.05) is 0 Å². The third-order valence-corrected chi connectivity index (χ3v) is 3.34. The lowest BCUT2D eigenvalue weighted by atomic mass is 9.86. The van der Waals surface area contributed by atoms with Gasteiger partial charge in [-0.3, -0.25) is 9.78 Å². The zero-order valence-electron chi connectivity index (χ0n) is 12.6. The van der Waals surface area contributed by atoms with E-state index in [1.165, 1.54) is 5.56 Å². The van der Waals surface area contributed by atoms with Crippen molar-refractivity contribution in [3.8, 4) is 11.1 Å². The van der Waals surface area contributed by atoms with Crippen LogP contribution in [0.15, 0.2) is 42.6 Å². The fourth-order valence-electron chi connectivity index (χ4n) is 2.12. The van der Waals surface area contributed by atoms with Crippen LogP contribution >= 0.6 is 0 Å². The van der Waals surface area contributed by atoms with Crippen molar-refractivity contribution in [1.29, 1.82) is 0 Å². The summed E-state index contributed by atoms with van der Waals surface area (Å²) in [5.74, 6) is 0.139. The van der Waals surface area contributed by atoms with E-state index in [1.54, 1.807) is 6.92 Å². The van der Waals surface area contributed by atoms with Gasteiger partial charge in [-0.2, -0.15) is 0 Å². The average molecular weight is 267 g/mol. The van der Waals surface area contributed by atoms with E-state index in [4.69, 9.17) is 0 Å². The standard InChI is InChI=1S/C18H21NO/c1-13(20)11-17-10-7-15(12-19-17)14-5-8-16(9-6-14)18(2,3)4/h5-10,12H,11H2,1-4H3. The lowest BCUT2D eigenvalue weighted by Gasteiger charge is -2.19. The van der Waals surface area contributed by atoms with E-state index in [0.717, 1.165) is 16.8 Å². The van der Waals surface area contributed by atoms with Crippen molar-refractivity contribution in [3.63, 3.8) is 0 Å². The molecule has 104 valence electrons. The van der Waals surface area contributed by atoms with E-state index in [1.807, 2.05) is 18.3 Å². The molecular formula is C18H21NO. The number of hydrogen-bond donors (Lipinski definition) is 0. The SMILES string of the molecule is CC(=O)Cc1ccc(-c2ccc(C(C)(C)C)cc2)cn1. The molecule has 1 aromatic heterocycles. The molecule has 2 nitrogen and oxygen atoms in total. The minimum Gasteiger partial charge on any atom is -0.300 e. The van der Waals surface area contributed by atoms with Crippen molar-refractivity contribution in [2.45, 2.75) is 39.5 Å². The highest BCUT2D eigenvalue weighted by Crippen LogP contribution is 2.25. The minimum atomic E-state index is 0.139. The van der Waals surface area contributed by atoms with Gasteiger partial charge in [0, 0.05) is 23.9 Å². The molecule has 0 amide bonds. The van der Waals surface area contributed by atoms with Gasteiger partial charge in [0.1, 0.15) is 5.78 Å². The van der Waals surface area contributed by atoms with Gasteiger partial charge in [0.15, 0.2) is 0 Å². The molecule has 0 N–H and O–H groups in total. The molecule has 0 saturated heterocycles. The van der Waals surface area contributed by atoms with Gasteiger partial charge in [-0.25, -0.2) is 0 Å². The van der Waals surface area contributed by atoms with Gasteiger partial charge in [-0.15, -0.1) is 0 Å². The molecule has 0 radical (unpaired) electrons. The Morgan fingerprint density at radius 1 is 1.00 bits per heavy atom. The Morgan fingerprint density at radius 3 is 2.05 bits per heavy atom. The summed E-state index contributed by atoms with van der Waals surface area (Å²) < 4.78 is 0. The molecule has 0 unspecified atom stereocenters. The van der Waals surface area contributed by atoms with Gasteiger partial charge in [0.25, 0.3) is 0 Å². The molecule has 1 heterocycles. The summed E-state index contributed by atoms with van der Waals surface area (Å²) in [5.41, 5.74) is 4.55. The Labute approximate surface area is 120 Å². The van der Waals surface area contributed by atoms with Gasteiger partial charge in [-0.05, 0) is 29.5 Å². The third-order valence-electron chi connectivity index (χ3n) is 3.34. The molecule has 2 aromatic rings. The fourth-order valence-corrected chi connectivity index (χ4v) is 2.12. The molecule has 0 aliphatic carbocycles. The third kappa shape index (κ3) is 3.53. The van der Waals surface area contributed by atoms with Crippen LogP contribution in [0.5, 0.6) is 0 Å². The lowest BCUT2D eigenvalue weighted by molar-refractivity contribution is -0.116. The lowest BCUT2D eigenvalue weighted by Crippen LogP contribution is -2.10. The summed E-state index contributed by atoms with van der Waals surface area (Å²) in [6.45, 7) is 8.21. The van der Waals surface area contributed by atoms with Gasteiger partial charge >= 0.3 is 0 Å². The molecule has 2 heteroatoms. The first kappa shape index (κ1) is 14.4. The number of hydrogen-bond acceptors (Lipinski definition) is 2. The van der Waals surface area contributed by atoms with E-state index in [9.17, 15) is 4.79 Å². The van der Waals surface area contributed by atoms with Crippen molar-refractivity contribution in [2.24, 2.45) is 0 Å². The van der Waals surface area contributed by atoms with Gasteiger partial charge in [-0.1, -0.05) is 51.1 Å². The maximum absolute atomic E-state index is 11.1. The molecule has 2 rings (SSSR count). The molecular weight excluding hydrogens is 246 g/mol. The number of Topliss-reactive ketones (excluding diaryl/α,β-unsaturated/α-hetero) is 1. The zero-order valence-corrected chi connectivity index (χ0v) is 12.6. The minimum absolute atomic E-state index is 0.139. The first-order valence-electron chi connectivity index (χ1n) is 6.91. The van der Waals surface area contributed by atoms with Crippen LogP contribution in [0, 0.1) is 0 Å². The smallest absolute Gasteiger partial charge is 0.135 e. The summed E-state index contributed by atoms with van der Waals surface area (Å²) in [6, 6.07) is 12.5. The van der Waals surface area contributed by atoms with Gasteiger partial charge in [0.2, 0.25) is 0 Å². The second-order valence-electron chi connectivity index (χ2n) is 6.24. The molecule has 0 atom stereocenters. The molecule has 0 bridgehead atoms. The van der Waals surface area contributed by atoms with Crippen LogP contribution in [-0.2, 0) is 16.6 Å². The maximum Gasteiger partial charge on any atom is 0.135 e. The van der Waals surface area contributed by atoms with Crippen molar-refractivity contribution < 1.29 is 4.79 Å². The zero-order chi connectivity index (χ0) is 14.8. The maximum atomic E-state index is 11.1. The number of rotatable bonds is 3. The van der Waals surface area contributed by atoms with Gasteiger partial charge in [0.05, 0.1) is 0 Å². The molecule has 0 aliphatic rings. The summed E-state index contributed by atoms with van der Waals surface area (Å²) in [4.78, 5) is 15.4. The Balaban J connectivity index is 2.21. The topological polar surface area (TPSA) is 30.0 Å². The van der Waals surface area contributed by atoms with Crippen LogP contribution in [0.1, 0.15) is 39.0 Å². The average Bonchev–Trinajstić information content (AvgIpc) is 2.38. The van der Waals surface area contributed by atoms with E-state index in [2.05, 4.69) is 50.0 Å². The Hall–Kier alpha value is -1.96. The van der Waals surface area contributed by atoms with Crippen LogP contribution in [0.3, 0.4) is 0 Å². The number of aromatic nitrogens is 1. The summed E-state index contributed by atoms with van der Waals surface area (Å²) >= 11 is 0. The number of carbonyl (C=O) groups excluding carboxylic acids is 1. The number of pyridine rings is 1. The monoisotopic (exact) mass is 267 g/mol. The summed E-state index contributed by atoms with van der Waals surface area (Å²) in [5, 5.41) is 0. The molecule has 0 saturated carbocycles. The van der Waals surface area contributed by atoms with Crippen LogP contribution in [-0.4, -0.2) is 10.8 Å². The first-order chi connectivity index (χ1) is 9.36. The quantitative estimate of drug-likeness (QED) is 0.835. The number of ketones is 1. The molecule has 0 aliphatic heterocycles. The largest absolute Gasteiger partial charge is 0.300 e. The predicted molar refractivity (Wildman–Crippen MR) is 82.8 cm³/mol. The van der Waals surface area contributed by atoms with Crippen LogP contribution in [0.2, 0.25) is 0 Å². The van der Waals surface area contributed by atoms with E-state index in [0.29, 0.717) is 6.42 Å². The highest BCUT2D eigenvalue weighted by Gasteiger charge is 2.13. The van der Waals surface area contributed by atoms with E-state index < -0.39 is 0 Å². The first-order valence-corrected chi connectivity index (χ1v) is 6.91. The molecule has 0 fully saturated rings. The normalized spacial score (nSPS) is 11.4. The number of carbonyl (C=O) groups is 1. The molecule has 0 spiro atoms. The molecule has 20 heavy (non-hydrogen) atoms. The predicted octanol–water partition coefficient (Wildman–Crippen LogP) is 4.18. The number of nitrogens with zero attached hydrogens (tertiary/aromatic N) is 1. The Morgan fingerprint density at radius 2 is 1.60 bits per heavy atom. The van der Waals surface area contributed by atoms with Crippen molar-refractivity contribution >= 4 is 5.78 Å².